The van der Waals surface area contributed by atoms with Crippen LogP contribution in [0.2, 0.25) is 0 Å². The lowest BCUT2D eigenvalue weighted by Crippen LogP contribution is -2.30. The Labute approximate surface area is 153 Å². The standard InChI is InChI=1S/C16H16N6O5/c23-16(11-6-12(21(24)25)8-13(7-11)22(26)27)19-14-9-15(18-10-17-14)20-4-2-1-3-5-20/h6-10H,1-5H2,(H,17,18,19,23). The van der Waals surface area contributed by atoms with Gasteiger partial charge in [0.05, 0.1) is 21.5 Å². The summed E-state index contributed by atoms with van der Waals surface area (Å²) in [5.41, 5.74) is -1.27. The maximum absolute atomic E-state index is 12.4. The first-order valence-corrected chi connectivity index (χ1v) is 8.26. The average Bonchev–Trinajstić information content (AvgIpc) is 2.68. The van der Waals surface area contributed by atoms with Crippen LogP contribution >= 0.6 is 0 Å². The number of nitrogens with zero attached hydrogens (tertiary/aromatic N) is 5. The first-order valence-electron chi connectivity index (χ1n) is 8.26. The molecule has 2 heterocycles. The van der Waals surface area contributed by atoms with Gasteiger partial charge >= 0.3 is 0 Å². The van der Waals surface area contributed by atoms with Crippen LogP contribution in [-0.4, -0.2) is 38.8 Å². The minimum absolute atomic E-state index is 0.200. The van der Waals surface area contributed by atoms with Crippen LogP contribution in [0.25, 0.3) is 0 Å². The zero-order valence-electron chi connectivity index (χ0n) is 14.2. The largest absolute Gasteiger partial charge is 0.356 e. The highest BCUT2D eigenvalue weighted by atomic mass is 16.6. The first kappa shape index (κ1) is 18.2. The van der Waals surface area contributed by atoms with Gasteiger partial charge < -0.3 is 10.2 Å². The number of amides is 1. The summed E-state index contributed by atoms with van der Waals surface area (Å²) < 4.78 is 0. The highest BCUT2D eigenvalue weighted by molar-refractivity contribution is 6.04. The molecule has 27 heavy (non-hydrogen) atoms. The van der Waals surface area contributed by atoms with Gasteiger partial charge in [-0.15, -0.1) is 0 Å². The Hall–Kier alpha value is -3.63. The fourth-order valence-electron chi connectivity index (χ4n) is 2.84. The molecular weight excluding hydrogens is 356 g/mol. The van der Waals surface area contributed by atoms with E-state index in [4.69, 9.17) is 0 Å². The minimum atomic E-state index is -0.789. The van der Waals surface area contributed by atoms with Crippen molar-refractivity contribution in [3.8, 4) is 0 Å². The van der Waals surface area contributed by atoms with E-state index in [9.17, 15) is 25.0 Å². The Kier molecular flexibility index (Phi) is 5.20. The second-order valence-electron chi connectivity index (χ2n) is 6.02. The van der Waals surface area contributed by atoms with Crippen LogP contribution in [0.15, 0.2) is 30.6 Å². The molecule has 11 nitrogen and oxygen atoms in total. The maximum Gasteiger partial charge on any atom is 0.277 e. The van der Waals surface area contributed by atoms with Gasteiger partial charge in [0, 0.05) is 31.3 Å². The number of anilines is 2. The van der Waals surface area contributed by atoms with Gasteiger partial charge in [-0.2, -0.15) is 0 Å². The van der Waals surface area contributed by atoms with Crippen molar-refractivity contribution in [3.63, 3.8) is 0 Å². The number of piperidine rings is 1. The van der Waals surface area contributed by atoms with Gasteiger partial charge in [-0.25, -0.2) is 9.97 Å². The van der Waals surface area contributed by atoms with Gasteiger partial charge in [0.1, 0.15) is 18.0 Å². The maximum atomic E-state index is 12.4. The number of non-ortho nitro benzene ring substituents is 2. The molecule has 1 aromatic carbocycles. The van der Waals surface area contributed by atoms with Crippen molar-refractivity contribution in [3.05, 3.63) is 56.4 Å². The van der Waals surface area contributed by atoms with Gasteiger partial charge in [-0.05, 0) is 19.3 Å². The average molecular weight is 372 g/mol. The zero-order valence-corrected chi connectivity index (χ0v) is 14.2. The lowest BCUT2D eigenvalue weighted by atomic mass is 10.1. The molecule has 1 N–H and O–H groups in total. The normalized spacial score (nSPS) is 13.9. The van der Waals surface area contributed by atoms with Crippen molar-refractivity contribution in [2.75, 3.05) is 23.3 Å². The van der Waals surface area contributed by atoms with Crippen LogP contribution in [-0.2, 0) is 0 Å². The summed E-state index contributed by atoms with van der Waals surface area (Å²) in [6, 6.07) is 4.37. The highest BCUT2D eigenvalue weighted by Gasteiger charge is 2.20. The summed E-state index contributed by atoms with van der Waals surface area (Å²) in [5, 5.41) is 24.4. The predicted molar refractivity (Wildman–Crippen MR) is 95.8 cm³/mol. The summed E-state index contributed by atoms with van der Waals surface area (Å²) in [6.45, 7) is 1.73. The second kappa shape index (κ2) is 7.72. The van der Waals surface area contributed by atoms with Crippen LogP contribution < -0.4 is 10.2 Å². The second-order valence-corrected chi connectivity index (χ2v) is 6.02. The number of carbonyl (C=O) groups is 1. The van der Waals surface area contributed by atoms with Crippen molar-refractivity contribution < 1.29 is 14.6 Å². The summed E-state index contributed by atoms with van der Waals surface area (Å²) in [5.74, 6) is 0.153. The van der Waals surface area contributed by atoms with Crippen LogP contribution in [0.5, 0.6) is 0 Å². The van der Waals surface area contributed by atoms with E-state index >= 15 is 0 Å². The van der Waals surface area contributed by atoms with Crippen LogP contribution in [0.1, 0.15) is 29.6 Å². The Bertz CT molecular complexity index is 864. The number of nitro groups is 2. The molecular formula is C16H16N6O5. The molecule has 140 valence electrons. The van der Waals surface area contributed by atoms with Gasteiger partial charge in [0.25, 0.3) is 17.3 Å². The number of rotatable bonds is 5. The molecule has 1 aliphatic rings. The third-order valence-corrected chi connectivity index (χ3v) is 4.16. The van der Waals surface area contributed by atoms with Crippen LogP contribution in [0.4, 0.5) is 23.0 Å². The molecule has 0 atom stereocenters. The zero-order chi connectivity index (χ0) is 19.4. The number of carbonyl (C=O) groups excluding carboxylic acids is 1. The molecule has 3 rings (SSSR count). The van der Waals surface area contributed by atoms with Gasteiger partial charge in [0.2, 0.25) is 0 Å². The van der Waals surface area contributed by atoms with E-state index in [1.807, 2.05) is 0 Å². The monoisotopic (exact) mass is 372 g/mol. The Morgan fingerprint density at radius 2 is 1.59 bits per heavy atom. The predicted octanol–water partition coefficient (Wildman–Crippen LogP) is 2.54. The smallest absolute Gasteiger partial charge is 0.277 e. The molecule has 0 radical (unpaired) electrons. The minimum Gasteiger partial charge on any atom is -0.356 e. The van der Waals surface area contributed by atoms with Gasteiger partial charge in [0.15, 0.2) is 0 Å². The summed E-state index contributed by atoms with van der Waals surface area (Å²) >= 11 is 0. The van der Waals surface area contributed by atoms with Gasteiger partial charge in [-0.1, -0.05) is 0 Å². The lowest BCUT2D eigenvalue weighted by molar-refractivity contribution is -0.394. The van der Waals surface area contributed by atoms with E-state index in [0.717, 1.165) is 50.6 Å². The molecule has 0 bridgehead atoms. The Morgan fingerprint density at radius 1 is 0.963 bits per heavy atom. The summed E-state index contributed by atoms with van der Waals surface area (Å²) in [7, 11) is 0. The topological polar surface area (TPSA) is 144 Å². The van der Waals surface area contributed by atoms with E-state index in [1.165, 1.54) is 6.33 Å². The molecule has 2 aromatic rings. The first-order chi connectivity index (χ1) is 12.9. The number of benzene rings is 1. The van der Waals surface area contributed by atoms with E-state index in [-0.39, 0.29) is 11.4 Å². The molecule has 0 spiro atoms. The van der Waals surface area contributed by atoms with E-state index in [0.29, 0.717) is 5.82 Å². The Balaban J connectivity index is 1.83. The van der Waals surface area contributed by atoms with Crippen molar-refractivity contribution in [2.45, 2.75) is 19.3 Å². The van der Waals surface area contributed by atoms with Crippen molar-refractivity contribution >= 4 is 28.9 Å². The highest BCUT2D eigenvalue weighted by Crippen LogP contribution is 2.24. The van der Waals surface area contributed by atoms with E-state index in [2.05, 4.69) is 20.2 Å². The fourth-order valence-corrected chi connectivity index (χ4v) is 2.84. The van der Waals surface area contributed by atoms with Crippen molar-refractivity contribution in [1.29, 1.82) is 0 Å². The summed E-state index contributed by atoms with van der Waals surface area (Å²) in [6.07, 6.45) is 4.60. The molecule has 1 saturated heterocycles. The summed E-state index contributed by atoms with van der Waals surface area (Å²) in [4.78, 5) is 43.0. The third kappa shape index (κ3) is 4.32. The molecule has 11 heteroatoms. The molecule has 1 amide bonds. The molecule has 1 fully saturated rings. The van der Waals surface area contributed by atoms with E-state index in [1.54, 1.807) is 6.07 Å². The molecule has 1 aromatic heterocycles. The number of nitrogens with one attached hydrogen (secondary N) is 1. The molecule has 1 aliphatic heterocycles. The third-order valence-electron chi connectivity index (χ3n) is 4.16. The Morgan fingerprint density at radius 3 is 2.19 bits per heavy atom. The molecule has 0 saturated carbocycles. The van der Waals surface area contributed by atoms with E-state index < -0.39 is 27.1 Å². The van der Waals surface area contributed by atoms with Crippen molar-refractivity contribution in [2.24, 2.45) is 0 Å². The molecule has 0 unspecified atom stereocenters. The van der Waals surface area contributed by atoms with Gasteiger partial charge in [-0.3, -0.25) is 25.0 Å². The number of aromatic nitrogens is 2. The lowest BCUT2D eigenvalue weighted by Gasteiger charge is -2.27. The van der Waals surface area contributed by atoms with Crippen molar-refractivity contribution in [1.82, 2.24) is 9.97 Å². The molecule has 0 aliphatic carbocycles. The quantitative estimate of drug-likeness (QED) is 0.622. The number of hydrogen-bond acceptors (Lipinski definition) is 8. The van der Waals surface area contributed by atoms with Crippen LogP contribution in [0.3, 0.4) is 0 Å². The number of hydrogen-bond donors (Lipinski definition) is 1. The fraction of sp³-hybridized carbons (Fsp3) is 0.312. The number of nitro benzene ring substituents is 2. The SMILES string of the molecule is O=C(Nc1cc(N2CCCCC2)ncn1)c1cc([N+](=O)[O-])cc([N+](=O)[O-])c1. The van der Waals surface area contributed by atoms with Crippen LogP contribution in [0, 0.1) is 20.2 Å².